The summed E-state index contributed by atoms with van der Waals surface area (Å²) in [6.45, 7) is 11.1. The van der Waals surface area contributed by atoms with Gasteiger partial charge in [-0.15, -0.1) is 0 Å². The molecule has 0 radical (unpaired) electrons. The highest BCUT2D eigenvalue weighted by Crippen LogP contribution is 2.29. The van der Waals surface area contributed by atoms with Crippen LogP contribution in [-0.4, -0.2) is 58.6 Å². The number of halogens is 2. The van der Waals surface area contributed by atoms with Gasteiger partial charge in [0.1, 0.15) is 11.1 Å². The summed E-state index contributed by atoms with van der Waals surface area (Å²) in [6.07, 6.45) is 6.75. The van der Waals surface area contributed by atoms with Gasteiger partial charge in [-0.3, -0.25) is 28.3 Å². The van der Waals surface area contributed by atoms with Crippen LogP contribution in [0.3, 0.4) is 0 Å². The van der Waals surface area contributed by atoms with Crippen LogP contribution in [0, 0.1) is 27.7 Å². The molecule has 19 heteroatoms. The Bertz CT molecular complexity index is 3640. The van der Waals surface area contributed by atoms with E-state index >= 15 is 0 Å². The van der Waals surface area contributed by atoms with Crippen molar-refractivity contribution in [1.82, 2.24) is 49.0 Å². The number of rotatable bonds is 8. The highest BCUT2D eigenvalue weighted by molar-refractivity contribution is 7.51. The molecule has 2 atom stereocenters. The van der Waals surface area contributed by atoms with E-state index in [2.05, 4.69) is 30.8 Å². The van der Waals surface area contributed by atoms with Gasteiger partial charge < -0.3 is 10.6 Å². The zero-order valence-corrected chi connectivity index (χ0v) is 41.4. The molecule has 6 heterocycles. The minimum Gasteiger partial charge on any atom is -0.344 e. The van der Waals surface area contributed by atoms with Crippen LogP contribution in [0.5, 0.6) is 0 Å². The first kappa shape index (κ1) is 51.7. The van der Waals surface area contributed by atoms with E-state index < -0.39 is 23.7 Å². The second-order valence-corrected chi connectivity index (χ2v) is 17.5. The monoisotopic (exact) mass is 1020 g/mol. The van der Waals surface area contributed by atoms with E-state index in [1.807, 2.05) is 113 Å². The van der Waals surface area contributed by atoms with Gasteiger partial charge in [0.15, 0.2) is 11.3 Å². The molecule has 0 aliphatic heterocycles. The Morgan fingerprint density at radius 3 is 1.32 bits per heavy atom. The summed E-state index contributed by atoms with van der Waals surface area (Å²) >= 11 is 12.1. The van der Waals surface area contributed by atoms with Crippen molar-refractivity contribution >= 4 is 79.4 Å². The molecule has 10 aromatic rings. The zero-order valence-electron chi connectivity index (χ0n) is 39.0. The summed E-state index contributed by atoms with van der Waals surface area (Å²) < 4.78 is 23.0. The van der Waals surface area contributed by atoms with Gasteiger partial charge in [-0.05, 0) is 112 Å². The van der Waals surface area contributed by atoms with Gasteiger partial charge in [-0.2, -0.15) is 18.6 Å². The molecule has 6 aromatic heterocycles. The van der Waals surface area contributed by atoms with Gasteiger partial charge in [0.05, 0.1) is 55.7 Å². The third-order valence-corrected chi connectivity index (χ3v) is 12.6. The third kappa shape index (κ3) is 9.94. The fourth-order valence-electron chi connectivity index (χ4n) is 8.65. The van der Waals surface area contributed by atoms with Crippen LogP contribution in [0.25, 0.3) is 44.2 Å². The van der Waals surface area contributed by atoms with Crippen molar-refractivity contribution in [1.29, 1.82) is 0 Å². The lowest BCUT2D eigenvalue weighted by Gasteiger charge is -2.22. The lowest BCUT2D eigenvalue weighted by Crippen LogP contribution is -2.32. The molecule has 16 nitrogen and oxygen atoms in total. The minimum atomic E-state index is -0.750. The molecule has 0 saturated heterocycles. The lowest BCUT2D eigenvalue weighted by molar-refractivity contribution is 0.0931. The molecular formula is C53H48Cl2N10O6S. The Balaban J connectivity index is 0.000000198. The van der Waals surface area contributed by atoms with E-state index in [9.17, 15) is 19.2 Å². The molecule has 72 heavy (non-hydrogen) atoms. The first-order valence-electron chi connectivity index (χ1n) is 22.1. The number of hydrogen-bond donors (Lipinski definition) is 2. The van der Waals surface area contributed by atoms with Gasteiger partial charge in [0.2, 0.25) is 0 Å². The minimum absolute atomic E-state index is 0. The van der Waals surface area contributed by atoms with Gasteiger partial charge in [0.25, 0.3) is 22.9 Å². The Labute approximate surface area is 426 Å². The predicted octanol–water partition coefficient (Wildman–Crippen LogP) is 9.56. The fourth-order valence-corrected chi connectivity index (χ4v) is 9.18. The summed E-state index contributed by atoms with van der Waals surface area (Å²) in [4.78, 5) is 62.7. The number of fused-ring (bicyclic) bond motifs is 4. The quantitative estimate of drug-likeness (QED) is 0.148. The molecule has 0 aliphatic carbocycles. The van der Waals surface area contributed by atoms with Gasteiger partial charge in [-0.1, -0.05) is 91.3 Å². The number of aryl methyl sites for hydroxylation is 4. The van der Waals surface area contributed by atoms with Crippen LogP contribution in [0.2, 0.25) is 10.0 Å². The van der Waals surface area contributed by atoms with E-state index in [1.165, 1.54) is 0 Å². The third-order valence-electron chi connectivity index (χ3n) is 11.9. The molecule has 4 aromatic carbocycles. The summed E-state index contributed by atoms with van der Waals surface area (Å²) in [6, 6.07) is 32.3. The summed E-state index contributed by atoms with van der Waals surface area (Å²) in [7, 11) is 0. The average molecular weight is 1020 g/mol. The Morgan fingerprint density at radius 1 is 0.569 bits per heavy atom. The maximum atomic E-state index is 13.7. The predicted molar refractivity (Wildman–Crippen MR) is 281 cm³/mol. The topological polar surface area (TPSA) is 197 Å². The Kier molecular flexibility index (Phi) is 15.7. The number of carbonyl (C=O) groups is 2. The molecule has 2 amide bonds. The second-order valence-electron chi connectivity index (χ2n) is 16.6. The van der Waals surface area contributed by atoms with Crippen molar-refractivity contribution in [2.45, 2.75) is 61.1 Å². The molecule has 0 fully saturated rings. The number of aromatic nitrogens is 8. The molecular weight excluding hydrogens is 976 g/mol. The van der Waals surface area contributed by atoms with Crippen molar-refractivity contribution in [2.75, 3.05) is 0 Å². The van der Waals surface area contributed by atoms with Crippen LogP contribution in [-0.2, 0) is 11.6 Å². The Morgan fingerprint density at radius 2 is 0.944 bits per heavy atom. The van der Waals surface area contributed by atoms with Crippen LogP contribution < -0.4 is 21.8 Å². The molecule has 2 N–H and O–H groups in total. The van der Waals surface area contributed by atoms with Gasteiger partial charge in [-0.25, -0.2) is 19.0 Å². The van der Waals surface area contributed by atoms with Crippen LogP contribution in [0.4, 0.5) is 0 Å². The summed E-state index contributed by atoms with van der Waals surface area (Å²) in [5.41, 5.74) is 7.06. The van der Waals surface area contributed by atoms with Gasteiger partial charge in [0, 0.05) is 36.2 Å². The van der Waals surface area contributed by atoms with Crippen molar-refractivity contribution in [2.24, 2.45) is 0 Å². The van der Waals surface area contributed by atoms with E-state index in [0.29, 0.717) is 76.8 Å². The first-order chi connectivity index (χ1) is 34.1. The van der Waals surface area contributed by atoms with E-state index in [1.54, 1.807) is 81.1 Å². The number of para-hydroxylation sites is 2. The van der Waals surface area contributed by atoms with Crippen LogP contribution in [0.15, 0.2) is 144 Å². The van der Waals surface area contributed by atoms with Crippen LogP contribution in [0.1, 0.15) is 88.0 Å². The fraction of sp³-hybridized carbons (Fsp3) is 0.170. The molecule has 366 valence electrons. The normalized spacial score (nSPS) is 11.7. The zero-order chi connectivity index (χ0) is 50.7. The lowest BCUT2D eigenvalue weighted by atomic mass is 10.1. The molecule has 0 aliphatic rings. The summed E-state index contributed by atoms with van der Waals surface area (Å²) in [5.74, 6) is -0.623. The molecule has 0 unspecified atom stereocenters. The van der Waals surface area contributed by atoms with Gasteiger partial charge >= 0.3 is 11.6 Å². The van der Waals surface area contributed by atoms with E-state index in [0.717, 1.165) is 22.5 Å². The molecule has 0 spiro atoms. The summed E-state index contributed by atoms with van der Waals surface area (Å²) in [5, 5.41) is 17.9. The van der Waals surface area contributed by atoms with Crippen molar-refractivity contribution in [3.63, 3.8) is 0 Å². The largest absolute Gasteiger partial charge is 0.344 e. The van der Waals surface area contributed by atoms with E-state index in [-0.39, 0.29) is 30.4 Å². The van der Waals surface area contributed by atoms with Crippen molar-refractivity contribution < 1.29 is 18.0 Å². The van der Waals surface area contributed by atoms with Crippen molar-refractivity contribution in [3.8, 4) is 11.4 Å². The van der Waals surface area contributed by atoms with E-state index in [4.69, 9.17) is 31.6 Å². The SMILES string of the molecule is C.Cc1ccccc1-n1c([C@H](C)NC(=O)c2c(C)nn3cccnc23)cc2cccc(Cl)c2c1=O.Cc1ccccc1-n1c([C@H](C)NC(=O)c2c(C)nn3cccnc23)cc2cccc(Cl)c2c1=O.O=S=O. The van der Waals surface area contributed by atoms with Crippen LogP contribution >= 0.6 is 23.2 Å². The number of carbonyl (C=O) groups excluding carboxylic acids is 2. The number of benzene rings is 4. The second kappa shape index (κ2) is 21.9. The maximum absolute atomic E-state index is 13.7. The highest BCUT2D eigenvalue weighted by atomic mass is 35.5. The Hall–Kier alpha value is -8.12. The number of nitrogens with zero attached hydrogens (tertiary/aromatic N) is 8. The molecule has 0 saturated carbocycles. The smallest absolute Gasteiger partial charge is 0.335 e. The number of pyridine rings is 2. The molecule has 10 rings (SSSR count). The number of nitrogens with one attached hydrogen (secondary N) is 2. The van der Waals surface area contributed by atoms with Crippen molar-refractivity contribution in [3.05, 3.63) is 210 Å². The first-order valence-corrected chi connectivity index (χ1v) is 23.5. The average Bonchev–Trinajstić information content (AvgIpc) is 3.87. The number of amides is 2. The molecule has 0 bridgehead atoms. The number of hydrogen-bond acceptors (Lipinski definition) is 10. The maximum Gasteiger partial charge on any atom is 0.335 e. The standard InChI is InChI=1S/2C26H22ClN5O2.CH4.O2S/c2*1-15-8-4-5-11-20(15)32-21(14-18-9-6-10-19(27)23(18)26(32)34)16(2)29-25(33)22-17(3)30-31-13-7-12-28-24(22)31;;1-3-2/h2*4-14,16H,1-3H3,(H,29,33);1H4;/t2*16-;;/m00../s1. The highest BCUT2D eigenvalue weighted by Gasteiger charge is 2.26.